The molecule has 164 valence electrons. The van der Waals surface area contributed by atoms with E-state index in [1.165, 1.54) is 0 Å². The summed E-state index contributed by atoms with van der Waals surface area (Å²) in [5.41, 5.74) is 2.76. The molecule has 2 heterocycles. The van der Waals surface area contributed by atoms with Crippen molar-refractivity contribution in [1.29, 1.82) is 0 Å². The monoisotopic (exact) mass is 442 g/mol. The molecule has 1 N–H and O–H groups in total. The lowest BCUT2D eigenvalue weighted by Gasteiger charge is -2.46. The van der Waals surface area contributed by atoms with Gasteiger partial charge in [-0.25, -0.2) is 5.01 Å². The van der Waals surface area contributed by atoms with Crippen molar-refractivity contribution >= 4 is 5.69 Å². The van der Waals surface area contributed by atoms with Crippen LogP contribution in [0, 0.1) is 0 Å². The third-order valence-electron chi connectivity index (χ3n) is 6.49. The molecule has 4 aromatic carbocycles. The smallest absolute Gasteiger partial charge is 0.170 e. The minimum absolute atomic E-state index is 0.722. The molecule has 5 aromatic rings. The lowest BCUT2D eigenvalue weighted by Crippen LogP contribution is -2.56. The van der Waals surface area contributed by atoms with Crippen molar-refractivity contribution in [1.82, 2.24) is 15.4 Å². The van der Waals surface area contributed by atoms with Gasteiger partial charge in [0.1, 0.15) is 5.69 Å². The lowest BCUT2D eigenvalue weighted by molar-refractivity contribution is 0.342. The summed E-state index contributed by atoms with van der Waals surface area (Å²) < 4.78 is 0. The minimum atomic E-state index is -0.953. The van der Waals surface area contributed by atoms with Crippen molar-refractivity contribution in [2.75, 3.05) is 5.01 Å². The maximum absolute atomic E-state index is 5.12. The molecule has 0 saturated carbocycles. The summed E-state index contributed by atoms with van der Waals surface area (Å²) in [5.74, 6) is 0. The van der Waals surface area contributed by atoms with Gasteiger partial charge in [0.25, 0.3) is 0 Å². The Balaban J connectivity index is 1.79. The molecule has 1 aromatic heterocycles. The van der Waals surface area contributed by atoms with Gasteiger partial charge in [0.05, 0.1) is 11.9 Å². The molecule has 0 spiro atoms. The SMILES string of the molecule is c1ccc(N2N=NC(c3ccccc3)(c3ccccc3)C2(c2ccccc2)c2cn[nH]n2)cc1. The third kappa shape index (κ3) is 2.75. The zero-order valence-corrected chi connectivity index (χ0v) is 18.4. The van der Waals surface area contributed by atoms with Crippen LogP contribution in [0.4, 0.5) is 5.69 Å². The van der Waals surface area contributed by atoms with Crippen LogP contribution >= 0.6 is 0 Å². The number of benzene rings is 4. The largest absolute Gasteiger partial charge is 0.227 e. The molecule has 34 heavy (non-hydrogen) atoms. The molecule has 0 radical (unpaired) electrons. The van der Waals surface area contributed by atoms with Crippen molar-refractivity contribution < 1.29 is 0 Å². The number of nitrogens with one attached hydrogen (secondary N) is 1. The van der Waals surface area contributed by atoms with E-state index in [0.717, 1.165) is 28.1 Å². The molecule has 6 rings (SSSR count). The Bertz CT molecular complexity index is 1350. The second kappa shape index (κ2) is 8.08. The van der Waals surface area contributed by atoms with Crippen LogP contribution in [-0.2, 0) is 11.1 Å². The molecule has 0 aliphatic carbocycles. The highest BCUT2D eigenvalue weighted by molar-refractivity contribution is 5.63. The second-order valence-corrected chi connectivity index (χ2v) is 8.21. The van der Waals surface area contributed by atoms with Crippen LogP contribution < -0.4 is 5.01 Å². The second-order valence-electron chi connectivity index (χ2n) is 8.21. The minimum Gasteiger partial charge on any atom is -0.227 e. The Hall–Kier alpha value is -4.58. The van der Waals surface area contributed by atoms with Crippen molar-refractivity contribution in [2.45, 2.75) is 11.1 Å². The number of para-hydroxylation sites is 1. The van der Waals surface area contributed by atoms with E-state index in [4.69, 9.17) is 10.3 Å². The molecular weight excluding hydrogens is 420 g/mol. The zero-order chi connectivity index (χ0) is 22.8. The Morgan fingerprint density at radius 3 is 1.59 bits per heavy atom. The van der Waals surface area contributed by atoms with Crippen molar-refractivity contribution in [3.63, 3.8) is 0 Å². The number of hydrogen-bond acceptors (Lipinski definition) is 5. The fraction of sp³-hybridized carbons (Fsp3) is 0.0714. The highest BCUT2D eigenvalue weighted by Crippen LogP contribution is 2.59. The molecule has 1 aliphatic rings. The molecule has 0 fully saturated rings. The molecule has 6 nitrogen and oxygen atoms in total. The van der Waals surface area contributed by atoms with Crippen LogP contribution in [0.1, 0.15) is 22.4 Å². The third-order valence-corrected chi connectivity index (χ3v) is 6.49. The van der Waals surface area contributed by atoms with Gasteiger partial charge in [-0.2, -0.15) is 20.5 Å². The number of rotatable bonds is 5. The maximum atomic E-state index is 5.12. The van der Waals surface area contributed by atoms with Gasteiger partial charge in [-0.3, -0.25) is 0 Å². The fourth-order valence-electron chi connectivity index (χ4n) is 5.11. The number of H-pyrrole nitrogens is 1. The molecule has 6 heteroatoms. The number of aromatic amines is 1. The van der Waals surface area contributed by atoms with Gasteiger partial charge in [0.2, 0.25) is 0 Å². The Morgan fingerprint density at radius 1 is 0.588 bits per heavy atom. The highest BCUT2D eigenvalue weighted by Gasteiger charge is 2.65. The summed E-state index contributed by atoms with van der Waals surface area (Å²) in [6.07, 6.45) is 1.78. The van der Waals surface area contributed by atoms with Gasteiger partial charge in [-0.1, -0.05) is 114 Å². The lowest BCUT2D eigenvalue weighted by atomic mass is 9.63. The van der Waals surface area contributed by atoms with E-state index in [2.05, 4.69) is 51.8 Å². The summed E-state index contributed by atoms with van der Waals surface area (Å²) in [7, 11) is 0. The predicted octanol–water partition coefficient (Wildman–Crippen LogP) is 5.88. The summed E-state index contributed by atoms with van der Waals surface area (Å²) in [5, 5.41) is 23.7. The molecule has 0 bridgehead atoms. The normalized spacial score (nSPS) is 18.8. The summed E-state index contributed by atoms with van der Waals surface area (Å²) in [4.78, 5) is 0. The quantitative estimate of drug-likeness (QED) is 0.370. The molecule has 1 unspecified atom stereocenters. The first kappa shape index (κ1) is 20.1. The van der Waals surface area contributed by atoms with E-state index in [-0.39, 0.29) is 0 Å². The van der Waals surface area contributed by atoms with Gasteiger partial charge in [0, 0.05) is 0 Å². The predicted molar refractivity (Wildman–Crippen MR) is 131 cm³/mol. The Kier molecular flexibility index (Phi) is 4.77. The van der Waals surface area contributed by atoms with E-state index in [1.807, 2.05) is 89.9 Å². The summed E-state index contributed by atoms with van der Waals surface area (Å²) >= 11 is 0. The van der Waals surface area contributed by atoms with Crippen molar-refractivity contribution in [3.05, 3.63) is 150 Å². The van der Waals surface area contributed by atoms with Crippen LogP contribution in [0.3, 0.4) is 0 Å². The Morgan fingerprint density at radius 2 is 1.09 bits per heavy atom. The van der Waals surface area contributed by atoms with Gasteiger partial charge < -0.3 is 0 Å². The van der Waals surface area contributed by atoms with Crippen molar-refractivity contribution in [2.24, 2.45) is 10.3 Å². The van der Waals surface area contributed by atoms with Crippen LogP contribution in [0.5, 0.6) is 0 Å². The van der Waals surface area contributed by atoms with E-state index in [1.54, 1.807) is 6.20 Å². The van der Waals surface area contributed by atoms with Gasteiger partial charge >= 0.3 is 0 Å². The van der Waals surface area contributed by atoms with Gasteiger partial charge in [-0.05, 0) is 28.8 Å². The van der Waals surface area contributed by atoms with Gasteiger partial charge in [-0.15, -0.1) is 0 Å². The number of nitrogens with zero attached hydrogens (tertiary/aromatic N) is 5. The van der Waals surface area contributed by atoms with E-state index < -0.39 is 11.1 Å². The number of hydrogen-bond donors (Lipinski definition) is 1. The van der Waals surface area contributed by atoms with E-state index in [9.17, 15) is 0 Å². The van der Waals surface area contributed by atoms with Crippen molar-refractivity contribution in [3.8, 4) is 0 Å². The zero-order valence-electron chi connectivity index (χ0n) is 18.4. The average Bonchev–Trinajstić information content (AvgIpc) is 3.58. The van der Waals surface area contributed by atoms with E-state index in [0.29, 0.717) is 0 Å². The van der Waals surface area contributed by atoms with Gasteiger partial charge in [0.15, 0.2) is 11.1 Å². The first-order chi connectivity index (χ1) is 16.9. The van der Waals surface area contributed by atoms with Crippen LogP contribution in [-0.4, -0.2) is 15.4 Å². The van der Waals surface area contributed by atoms with Crippen LogP contribution in [0.15, 0.2) is 138 Å². The van der Waals surface area contributed by atoms with E-state index >= 15 is 0 Å². The molecule has 1 atom stereocenters. The maximum Gasteiger partial charge on any atom is 0.170 e. The number of aromatic nitrogens is 3. The van der Waals surface area contributed by atoms with Crippen LogP contribution in [0.25, 0.3) is 0 Å². The topological polar surface area (TPSA) is 69.5 Å². The highest BCUT2D eigenvalue weighted by atomic mass is 15.6. The summed E-state index contributed by atoms with van der Waals surface area (Å²) in [6, 6.07) is 41.1. The fourth-order valence-corrected chi connectivity index (χ4v) is 5.11. The summed E-state index contributed by atoms with van der Waals surface area (Å²) in [6.45, 7) is 0. The standard InChI is InChI=1S/C28H22N6/c1-5-13-22(14-6-1)27(23-15-7-2-8-16-23)28(26-21-29-32-30-26,24-17-9-3-10-18-24)34(33-31-27)25-19-11-4-12-20-25/h1-21H,(H,29,30,32). The first-order valence-electron chi connectivity index (χ1n) is 11.2. The number of anilines is 1. The Labute approximate surface area is 197 Å². The van der Waals surface area contributed by atoms with Crippen LogP contribution in [0.2, 0.25) is 0 Å². The average molecular weight is 443 g/mol. The molecule has 1 aliphatic heterocycles. The molecule has 0 amide bonds. The molecule has 0 saturated heterocycles. The molecular formula is C28H22N6. The first-order valence-corrected chi connectivity index (χ1v) is 11.2.